The second-order valence-electron chi connectivity index (χ2n) is 4.13. The van der Waals surface area contributed by atoms with Gasteiger partial charge in [-0.05, 0) is 17.7 Å². The minimum Gasteiger partial charge on any atom is -0.477 e. The van der Waals surface area contributed by atoms with E-state index in [1.165, 1.54) is 0 Å². The van der Waals surface area contributed by atoms with E-state index in [4.69, 9.17) is 9.84 Å². The van der Waals surface area contributed by atoms with E-state index in [0.29, 0.717) is 11.6 Å². The topological polar surface area (TPSA) is 59.4 Å². The number of rotatable bonds is 4. The first-order chi connectivity index (χ1) is 9.88. The van der Waals surface area contributed by atoms with Gasteiger partial charge in [0.05, 0.1) is 0 Å². The molecule has 1 heterocycles. The number of aromatic carboxylic acids is 1. The molecule has 0 amide bonds. The summed E-state index contributed by atoms with van der Waals surface area (Å²) < 4.78 is 42.9. The molecule has 0 spiro atoms. The van der Waals surface area contributed by atoms with Gasteiger partial charge in [0.25, 0.3) is 0 Å². The van der Waals surface area contributed by atoms with Gasteiger partial charge in [-0.2, -0.15) is 13.2 Å². The van der Waals surface area contributed by atoms with Crippen molar-refractivity contribution < 1.29 is 27.8 Å². The molecule has 110 valence electrons. The fourth-order valence-corrected chi connectivity index (χ4v) is 1.60. The molecule has 0 saturated carbocycles. The van der Waals surface area contributed by atoms with Crippen molar-refractivity contribution in [3.8, 4) is 5.88 Å². The van der Waals surface area contributed by atoms with Crippen LogP contribution in [0, 0.1) is 0 Å². The summed E-state index contributed by atoms with van der Waals surface area (Å²) in [7, 11) is 0. The third-order valence-corrected chi connectivity index (χ3v) is 2.60. The van der Waals surface area contributed by atoms with Crippen molar-refractivity contribution in [2.45, 2.75) is 12.8 Å². The second kappa shape index (κ2) is 5.82. The van der Waals surface area contributed by atoms with Crippen LogP contribution in [0.1, 0.15) is 21.6 Å². The maximum absolute atomic E-state index is 12.6. The number of benzene rings is 1. The Morgan fingerprint density at radius 2 is 1.81 bits per heavy atom. The fraction of sp³-hybridized carbons (Fsp3) is 0.143. The van der Waals surface area contributed by atoms with Gasteiger partial charge in [0.2, 0.25) is 5.88 Å². The number of carboxylic acid groups (broad SMARTS) is 1. The molecule has 21 heavy (non-hydrogen) atoms. The van der Waals surface area contributed by atoms with Crippen molar-refractivity contribution in [2.75, 3.05) is 0 Å². The largest absolute Gasteiger partial charge is 0.477 e. The monoisotopic (exact) mass is 297 g/mol. The van der Waals surface area contributed by atoms with Crippen LogP contribution in [0.25, 0.3) is 0 Å². The summed E-state index contributed by atoms with van der Waals surface area (Å²) in [5, 5.41) is 8.96. The van der Waals surface area contributed by atoms with Crippen molar-refractivity contribution in [1.82, 2.24) is 4.98 Å². The summed E-state index contributed by atoms with van der Waals surface area (Å²) in [6.07, 6.45) is -4.66. The zero-order valence-electron chi connectivity index (χ0n) is 10.6. The Kier molecular flexibility index (Phi) is 4.11. The molecule has 0 aliphatic carbocycles. The fourth-order valence-electron chi connectivity index (χ4n) is 1.60. The highest BCUT2D eigenvalue weighted by atomic mass is 19.4. The number of alkyl halides is 3. The van der Waals surface area contributed by atoms with E-state index >= 15 is 0 Å². The zero-order valence-corrected chi connectivity index (χ0v) is 10.6. The molecule has 1 N–H and O–H groups in total. The molecule has 4 nitrogen and oxygen atoms in total. The lowest BCUT2D eigenvalue weighted by molar-refractivity contribution is -0.141. The van der Waals surface area contributed by atoms with Gasteiger partial charge >= 0.3 is 12.1 Å². The van der Waals surface area contributed by atoms with E-state index in [-0.39, 0.29) is 6.61 Å². The van der Waals surface area contributed by atoms with Crippen LogP contribution in [0.2, 0.25) is 0 Å². The normalized spacial score (nSPS) is 11.2. The highest BCUT2D eigenvalue weighted by Gasteiger charge is 2.34. The summed E-state index contributed by atoms with van der Waals surface area (Å²) in [5.41, 5.74) is -0.928. The molecule has 0 bridgehead atoms. The second-order valence-corrected chi connectivity index (χ2v) is 4.13. The van der Waals surface area contributed by atoms with Crippen LogP contribution < -0.4 is 4.74 Å². The molecule has 1 aromatic carbocycles. The van der Waals surface area contributed by atoms with Crippen molar-refractivity contribution in [2.24, 2.45) is 0 Å². The minimum atomic E-state index is -4.66. The molecule has 0 atom stereocenters. The highest BCUT2D eigenvalue weighted by Crippen LogP contribution is 2.30. The first-order valence-electron chi connectivity index (χ1n) is 5.86. The molecule has 0 aliphatic heterocycles. The van der Waals surface area contributed by atoms with E-state index in [2.05, 4.69) is 4.98 Å². The number of carbonyl (C=O) groups is 1. The molecular formula is C14H10F3NO3. The van der Waals surface area contributed by atoms with E-state index in [9.17, 15) is 18.0 Å². The van der Waals surface area contributed by atoms with Crippen LogP contribution >= 0.6 is 0 Å². The van der Waals surface area contributed by atoms with Crippen molar-refractivity contribution in [3.63, 3.8) is 0 Å². The van der Waals surface area contributed by atoms with Gasteiger partial charge in [-0.25, -0.2) is 9.78 Å². The van der Waals surface area contributed by atoms with Gasteiger partial charge in [-0.15, -0.1) is 0 Å². The average Bonchev–Trinajstić information content (AvgIpc) is 2.45. The number of nitrogens with zero attached hydrogens (tertiary/aromatic N) is 1. The first-order valence-corrected chi connectivity index (χ1v) is 5.86. The van der Waals surface area contributed by atoms with Gasteiger partial charge in [-0.3, -0.25) is 0 Å². The van der Waals surface area contributed by atoms with Crippen molar-refractivity contribution in [3.05, 3.63) is 59.3 Å². The third kappa shape index (κ3) is 3.71. The molecule has 0 aliphatic rings. The standard InChI is InChI=1S/C14H10F3NO3/c15-14(16,17)11-7-6-10(13(19)20)12(18-11)21-8-9-4-2-1-3-5-9/h1-7H,8H2,(H,19,20). The summed E-state index contributed by atoms with van der Waals surface area (Å²) in [6.45, 7) is -0.0740. The number of halogens is 3. The Balaban J connectivity index is 2.29. The van der Waals surface area contributed by atoms with Crippen LogP contribution in [0.4, 0.5) is 13.2 Å². The van der Waals surface area contributed by atoms with Crippen LogP contribution in [0.5, 0.6) is 5.88 Å². The Morgan fingerprint density at radius 3 is 2.38 bits per heavy atom. The minimum absolute atomic E-state index is 0.0740. The lowest BCUT2D eigenvalue weighted by Gasteiger charge is -2.11. The zero-order chi connectivity index (χ0) is 15.5. The molecule has 1 aromatic heterocycles. The van der Waals surface area contributed by atoms with Crippen molar-refractivity contribution >= 4 is 5.97 Å². The number of hydrogen-bond donors (Lipinski definition) is 1. The van der Waals surface area contributed by atoms with Crippen LogP contribution in [0.15, 0.2) is 42.5 Å². The lowest BCUT2D eigenvalue weighted by atomic mass is 10.2. The van der Waals surface area contributed by atoms with Gasteiger partial charge in [0.1, 0.15) is 17.9 Å². The van der Waals surface area contributed by atoms with E-state index in [1.807, 2.05) is 0 Å². The number of carboxylic acids is 1. The molecule has 0 radical (unpaired) electrons. The number of pyridine rings is 1. The Bertz CT molecular complexity index is 642. The van der Waals surface area contributed by atoms with E-state index in [1.54, 1.807) is 30.3 Å². The molecule has 2 aromatic rings. The molecular weight excluding hydrogens is 287 g/mol. The number of aromatic nitrogens is 1. The van der Waals surface area contributed by atoms with Crippen LogP contribution in [0.3, 0.4) is 0 Å². The van der Waals surface area contributed by atoms with Crippen LogP contribution in [-0.2, 0) is 12.8 Å². The lowest BCUT2D eigenvalue weighted by Crippen LogP contribution is -2.12. The summed E-state index contributed by atoms with van der Waals surface area (Å²) >= 11 is 0. The summed E-state index contributed by atoms with van der Waals surface area (Å²) in [5.74, 6) is -1.96. The predicted octanol–water partition coefficient (Wildman–Crippen LogP) is 3.38. The molecule has 2 rings (SSSR count). The average molecular weight is 297 g/mol. The number of ether oxygens (including phenoxy) is 1. The summed E-state index contributed by atoms with van der Waals surface area (Å²) in [4.78, 5) is 14.2. The van der Waals surface area contributed by atoms with Gasteiger partial charge in [-0.1, -0.05) is 30.3 Å². The van der Waals surface area contributed by atoms with Gasteiger partial charge in [0, 0.05) is 0 Å². The first kappa shape index (κ1) is 14.8. The Morgan fingerprint density at radius 1 is 1.14 bits per heavy atom. The van der Waals surface area contributed by atoms with E-state index < -0.39 is 29.3 Å². The molecule has 7 heteroatoms. The van der Waals surface area contributed by atoms with E-state index in [0.717, 1.165) is 6.07 Å². The molecule has 0 fully saturated rings. The molecule has 0 saturated heterocycles. The van der Waals surface area contributed by atoms with Crippen molar-refractivity contribution in [1.29, 1.82) is 0 Å². The SMILES string of the molecule is O=C(O)c1ccc(C(F)(F)F)nc1OCc1ccccc1. The smallest absolute Gasteiger partial charge is 0.433 e. The maximum atomic E-state index is 12.6. The molecule has 0 unspecified atom stereocenters. The Hall–Kier alpha value is -2.57. The van der Waals surface area contributed by atoms with Gasteiger partial charge in [0.15, 0.2) is 0 Å². The summed E-state index contributed by atoms with van der Waals surface area (Å²) in [6, 6.07) is 10.1. The quantitative estimate of drug-likeness (QED) is 0.940. The van der Waals surface area contributed by atoms with Crippen LogP contribution in [-0.4, -0.2) is 16.1 Å². The highest BCUT2D eigenvalue weighted by molar-refractivity contribution is 5.90. The number of hydrogen-bond acceptors (Lipinski definition) is 3. The predicted molar refractivity (Wildman–Crippen MR) is 67.0 cm³/mol. The third-order valence-electron chi connectivity index (χ3n) is 2.60. The maximum Gasteiger partial charge on any atom is 0.433 e. The Labute approximate surface area is 117 Å². The van der Waals surface area contributed by atoms with Gasteiger partial charge < -0.3 is 9.84 Å².